The van der Waals surface area contributed by atoms with Crippen molar-refractivity contribution in [2.45, 2.75) is 39.0 Å². The molecule has 1 unspecified atom stereocenters. The second-order valence-electron chi connectivity index (χ2n) is 2.68. The fraction of sp³-hybridized carbons (Fsp3) is 0.778. The van der Waals surface area contributed by atoms with E-state index in [2.05, 4.69) is 13.8 Å². The van der Waals surface area contributed by atoms with Crippen LogP contribution in [0, 0.1) is 12.8 Å². The van der Waals surface area contributed by atoms with E-state index in [-0.39, 0.29) is 5.92 Å². The fourth-order valence-corrected chi connectivity index (χ4v) is 0.937. The van der Waals surface area contributed by atoms with Gasteiger partial charge < -0.3 is 4.79 Å². The van der Waals surface area contributed by atoms with E-state index < -0.39 is 0 Å². The minimum atomic E-state index is 0.214. The molecule has 1 heteroatoms. The van der Waals surface area contributed by atoms with Gasteiger partial charge in [0.25, 0.3) is 0 Å². The Morgan fingerprint density at radius 2 is 2.20 bits per heavy atom. The molecule has 0 bridgehead atoms. The summed E-state index contributed by atoms with van der Waals surface area (Å²) >= 11 is 0. The number of unbranched alkanes of at least 4 members (excludes halogenated alkanes) is 2. The van der Waals surface area contributed by atoms with Gasteiger partial charge in [-0.25, -0.2) is 0 Å². The molecule has 0 rings (SSSR count). The summed E-state index contributed by atoms with van der Waals surface area (Å²) in [5.41, 5.74) is 0. The normalized spacial score (nSPS) is 13.0. The predicted molar refractivity (Wildman–Crippen MR) is 43.7 cm³/mol. The molecular weight excluding hydrogens is 124 g/mol. The minimum absolute atomic E-state index is 0.214. The SMILES string of the molecule is [CH2]CC(C=O)CCCCC. The van der Waals surface area contributed by atoms with Crippen molar-refractivity contribution in [1.82, 2.24) is 0 Å². The van der Waals surface area contributed by atoms with Crippen molar-refractivity contribution in [3.8, 4) is 0 Å². The number of rotatable bonds is 6. The van der Waals surface area contributed by atoms with Gasteiger partial charge in [-0.1, -0.05) is 33.1 Å². The molecule has 0 saturated heterocycles. The largest absolute Gasteiger partial charge is 0.303 e. The molecule has 0 N–H and O–H groups in total. The maximum atomic E-state index is 10.3. The highest BCUT2D eigenvalue weighted by molar-refractivity contribution is 5.53. The molecule has 0 aromatic rings. The zero-order valence-corrected chi connectivity index (χ0v) is 6.81. The quantitative estimate of drug-likeness (QED) is 0.410. The highest BCUT2D eigenvalue weighted by Gasteiger charge is 2.01. The second-order valence-corrected chi connectivity index (χ2v) is 2.68. The Morgan fingerprint density at radius 1 is 1.50 bits per heavy atom. The molecule has 0 amide bonds. The van der Waals surface area contributed by atoms with E-state index >= 15 is 0 Å². The fourth-order valence-electron chi connectivity index (χ4n) is 0.937. The van der Waals surface area contributed by atoms with Gasteiger partial charge in [0.15, 0.2) is 0 Å². The molecule has 1 radical (unpaired) electrons. The van der Waals surface area contributed by atoms with E-state index in [0.717, 1.165) is 19.1 Å². The third-order valence-electron chi connectivity index (χ3n) is 1.74. The van der Waals surface area contributed by atoms with Crippen LogP contribution in [0.1, 0.15) is 39.0 Å². The van der Waals surface area contributed by atoms with Gasteiger partial charge >= 0.3 is 0 Å². The number of carbonyl (C=O) groups is 1. The molecule has 1 nitrogen and oxygen atoms in total. The van der Waals surface area contributed by atoms with Crippen molar-refractivity contribution in [1.29, 1.82) is 0 Å². The van der Waals surface area contributed by atoms with Crippen LogP contribution in [-0.4, -0.2) is 6.29 Å². The van der Waals surface area contributed by atoms with Gasteiger partial charge in [0, 0.05) is 5.92 Å². The lowest BCUT2D eigenvalue weighted by Gasteiger charge is -2.04. The van der Waals surface area contributed by atoms with E-state index in [4.69, 9.17) is 0 Å². The van der Waals surface area contributed by atoms with Crippen molar-refractivity contribution in [2.75, 3.05) is 0 Å². The smallest absolute Gasteiger partial charge is 0.123 e. The molecule has 0 fully saturated rings. The Hall–Kier alpha value is -0.330. The monoisotopic (exact) mass is 141 g/mol. The number of carbonyl (C=O) groups excluding carboxylic acids is 1. The number of aldehydes is 1. The van der Waals surface area contributed by atoms with Crippen LogP contribution in [0.15, 0.2) is 0 Å². The summed E-state index contributed by atoms with van der Waals surface area (Å²) in [6, 6.07) is 0. The molecule has 0 aliphatic rings. The molecule has 0 spiro atoms. The summed E-state index contributed by atoms with van der Waals surface area (Å²) in [7, 11) is 0. The van der Waals surface area contributed by atoms with E-state index in [1.165, 1.54) is 19.3 Å². The topological polar surface area (TPSA) is 17.1 Å². The molecule has 59 valence electrons. The Bertz CT molecular complexity index is 78.8. The average molecular weight is 141 g/mol. The van der Waals surface area contributed by atoms with Gasteiger partial charge in [-0.05, 0) is 12.8 Å². The van der Waals surface area contributed by atoms with Crippen molar-refractivity contribution < 1.29 is 4.79 Å². The summed E-state index contributed by atoms with van der Waals surface area (Å²) in [5, 5.41) is 0. The van der Waals surface area contributed by atoms with E-state index in [0.29, 0.717) is 0 Å². The first-order valence-corrected chi connectivity index (χ1v) is 4.09. The maximum Gasteiger partial charge on any atom is 0.123 e. The van der Waals surface area contributed by atoms with Crippen LogP contribution in [0.3, 0.4) is 0 Å². The van der Waals surface area contributed by atoms with E-state index in [1.807, 2.05) is 0 Å². The molecule has 0 aliphatic carbocycles. The maximum absolute atomic E-state index is 10.3. The van der Waals surface area contributed by atoms with E-state index in [1.54, 1.807) is 0 Å². The van der Waals surface area contributed by atoms with Crippen molar-refractivity contribution >= 4 is 6.29 Å². The molecule has 0 aliphatic heterocycles. The van der Waals surface area contributed by atoms with Crippen LogP contribution in [0.25, 0.3) is 0 Å². The summed E-state index contributed by atoms with van der Waals surface area (Å²) in [6.07, 6.45) is 6.46. The average Bonchev–Trinajstić information content (AvgIpc) is 1.99. The third-order valence-corrected chi connectivity index (χ3v) is 1.74. The van der Waals surface area contributed by atoms with Crippen molar-refractivity contribution in [3.05, 3.63) is 6.92 Å². The van der Waals surface area contributed by atoms with Crippen molar-refractivity contribution in [3.63, 3.8) is 0 Å². The Labute approximate surface area is 63.8 Å². The molecule has 0 aromatic carbocycles. The summed E-state index contributed by atoms with van der Waals surface area (Å²) in [6.45, 7) is 5.87. The Morgan fingerprint density at radius 3 is 2.60 bits per heavy atom. The minimum Gasteiger partial charge on any atom is -0.303 e. The van der Waals surface area contributed by atoms with Gasteiger partial charge in [0.2, 0.25) is 0 Å². The van der Waals surface area contributed by atoms with Gasteiger partial charge in [0.05, 0.1) is 0 Å². The molecule has 0 heterocycles. The molecule has 0 aromatic heterocycles. The molecule has 10 heavy (non-hydrogen) atoms. The van der Waals surface area contributed by atoms with Gasteiger partial charge in [0.1, 0.15) is 6.29 Å². The van der Waals surface area contributed by atoms with Crippen LogP contribution >= 0.6 is 0 Å². The highest BCUT2D eigenvalue weighted by Crippen LogP contribution is 2.09. The second kappa shape index (κ2) is 6.79. The molecule has 1 atom stereocenters. The lowest BCUT2D eigenvalue weighted by molar-refractivity contribution is -0.111. The van der Waals surface area contributed by atoms with Gasteiger partial charge in [-0.15, -0.1) is 0 Å². The lowest BCUT2D eigenvalue weighted by atomic mass is 10.0. The van der Waals surface area contributed by atoms with Gasteiger partial charge in [-0.2, -0.15) is 0 Å². The standard InChI is InChI=1S/C9H17O/c1-3-5-6-7-9(4-2)8-10/h8-9H,2-7H2,1H3. The number of hydrogen-bond acceptors (Lipinski definition) is 1. The van der Waals surface area contributed by atoms with Crippen molar-refractivity contribution in [2.24, 2.45) is 5.92 Å². The molecule has 0 saturated carbocycles. The van der Waals surface area contributed by atoms with Crippen LogP contribution in [0.4, 0.5) is 0 Å². The first kappa shape index (κ1) is 9.67. The lowest BCUT2D eigenvalue weighted by Crippen LogP contribution is -1.99. The Balaban J connectivity index is 3.17. The Kier molecular flexibility index (Phi) is 6.56. The highest BCUT2D eigenvalue weighted by atomic mass is 16.1. The zero-order valence-electron chi connectivity index (χ0n) is 6.81. The first-order chi connectivity index (χ1) is 4.85. The zero-order chi connectivity index (χ0) is 7.82. The van der Waals surface area contributed by atoms with E-state index in [9.17, 15) is 4.79 Å². The third kappa shape index (κ3) is 4.54. The first-order valence-electron chi connectivity index (χ1n) is 4.09. The number of hydrogen-bond donors (Lipinski definition) is 0. The van der Waals surface area contributed by atoms with Gasteiger partial charge in [-0.3, -0.25) is 0 Å². The summed E-state index contributed by atoms with van der Waals surface area (Å²) in [5.74, 6) is 0.214. The molecular formula is C9H17O. The summed E-state index contributed by atoms with van der Waals surface area (Å²) < 4.78 is 0. The van der Waals surface area contributed by atoms with Crippen LogP contribution in [0.5, 0.6) is 0 Å². The van der Waals surface area contributed by atoms with Crippen LogP contribution < -0.4 is 0 Å². The predicted octanol–water partition coefficient (Wildman–Crippen LogP) is 2.61. The summed E-state index contributed by atoms with van der Waals surface area (Å²) in [4.78, 5) is 10.3. The van der Waals surface area contributed by atoms with Crippen LogP contribution in [-0.2, 0) is 4.79 Å². The van der Waals surface area contributed by atoms with Crippen LogP contribution in [0.2, 0.25) is 0 Å².